The summed E-state index contributed by atoms with van der Waals surface area (Å²) in [4.78, 5) is 22.4. The quantitative estimate of drug-likeness (QED) is 0.281. The van der Waals surface area contributed by atoms with Gasteiger partial charge in [0.05, 0.1) is 12.8 Å². The molecule has 4 heterocycles. The molecule has 0 amide bonds. The summed E-state index contributed by atoms with van der Waals surface area (Å²) in [5.74, 6) is 3.08. The average molecular weight is 551 g/mol. The zero-order valence-corrected chi connectivity index (χ0v) is 22.4. The van der Waals surface area contributed by atoms with Gasteiger partial charge >= 0.3 is 6.18 Å². The molecule has 0 saturated heterocycles. The number of nitrogens with zero attached hydrogens (tertiary/aromatic N) is 6. The van der Waals surface area contributed by atoms with Crippen LogP contribution in [0.2, 0.25) is 0 Å². The molecule has 0 bridgehead atoms. The molecule has 1 aliphatic carbocycles. The first kappa shape index (κ1) is 26.0. The van der Waals surface area contributed by atoms with Crippen LogP contribution < -0.4 is 15.4 Å². The molecule has 6 rings (SSSR count). The first-order valence-electron chi connectivity index (χ1n) is 13.3. The van der Waals surface area contributed by atoms with Crippen LogP contribution in [-0.2, 0) is 19.1 Å². The second-order valence-electron chi connectivity index (χ2n) is 10.3. The molecule has 208 valence electrons. The van der Waals surface area contributed by atoms with E-state index in [4.69, 9.17) is 14.7 Å². The molecule has 12 heteroatoms. The number of rotatable bonds is 8. The minimum atomic E-state index is -4.50. The van der Waals surface area contributed by atoms with Gasteiger partial charge in [0.2, 0.25) is 5.88 Å². The van der Waals surface area contributed by atoms with E-state index in [0.29, 0.717) is 35.5 Å². The van der Waals surface area contributed by atoms with E-state index in [1.165, 1.54) is 6.33 Å². The lowest BCUT2D eigenvalue weighted by molar-refractivity contribution is -0.140. The summed E-state index contributed by atoms with van der Waals surface area (Å²) in [5.41, 5.74) is 3.29. The van der Waals surface area contributed by atoms with E-state index in [1.807, 2.05) is 26.0 Å². The van der Waals surface area contributed by atoms with Crippen LogP contribution in [0.5, 0.6) is 5.88 Å². The topological polar surface area (TPSA) is 103 Å². The van der Waals surface area contributed by atoms with Gasteiger partial charge in [-0.25, -0.2) is 24.9 Å². The predicted octanol–water partition coefficient (Wildman–Crippen LogP) is 5.86. The van der Waals surface area contributed by atoms with E-state index in [2.05, 4.69) is 25.6 Å². The molecular formula is C28H29F3N8O. The highest BCUT2D eigenvalue weighted by Crippen LogP contribution is 2.45. The molecule has 2 aliphatic rings. The van der Waals surface area contributed by atoms with Crippen molar-refractivity contribution >= 4 is 11.6 Å². The number of fused-ring (bicyclic) bond motifs is 1. The molecular weight excluding hydrogens is 521 g/mol. The molecule has 1 fully saturated rings. The third-order valence-electron chi connectivity index (χ3n) is 7.15. The zero-order valence-electron chi connectivity index (χ0n) is 22.4. The van der Waals surface area contributed by atoms with Crippen molar-refractivity contribution in [2.24, 2.45) is 0 Å². The van der Waals surface area contributed by atoms with Crippen LogP contribution in [0.4, 0.5) is 24.8 Å². The molecule has 1 aromatic carbocycles. The molecule has 4 aromatic rings. The van der Waals surface area contributed by atoms with E-state index < -0.39 is 11.9 Å². The summed E-state index contributed by atoms with van der Waals surface area (Å²) in [6, 6.07) is 7.19. The van der Waals surface area contributed by atoms with Gasteiger partial charge in [0, 0.05) is 42.4 Å². The Morgan fingerprint density at radius 1 is 1.10 bits per heavy atom. The van der Waals surface area contributed by atoms with Gasteiger partial charge in [-0.2, -0.15) is 13.2 Å². The number of nitrogens with one attached hydrogen (secondary N) is 2. The number of hydrogen-bond donors (Lipinski definition) is 2. The van der Waals surface area contributed by atoms with Gasteiger partial charge in [0.25, 0.3) is 0 Å². The van der Waals surface area contributed by atoms with Crippen LogP contribution in [0.1, 0.15) is 61.2 Å². The smallest absolute Gasteiger partial charge is 0.434 e. The standard InChI is InChI=1S/C28H29F3N8O/c1-15(2)39-13-20(28(29,30)31)36-26(39)18-6-4-16(5-7-18)12-33-24-19-10-11-32-23(19)37-25(38-24)21-22(17-8-9-17)34-14-35-27(21)40-3/h4-7,13-15,17H,8-12H2,1-3H3,(H2,32,33,37,38). The summed E-state index contributed by atoms with van der Waals surface area (Å²) < 4.78 is 47.0. The van der Waals surface area contributed by atoms with Crippen molar-refractivity contribution in [3.8, 4) is 28.7 Å². The summed E-state index contributed by atoms with van der Waals surface area (Å²) >= 11 is 0. The summed E-state index contributed by atoms with van der Waals surface area (Å²) in [6.45, 7) is 4.89. The van der Waals surface area contributed by atoms with E-state index in [1.54, 1.807) is 23.8 Å². The Morgan fingerprint density at radius 3 is 2.55 bits per heavy atom. The van der Waals surface area contributed by atoms with E-state index in [0.717, 1.165) is 60.2 Å². The molecule has 2 N–H and O–H groups in total. The molecule has 0 radical (unpaired) electrons. The van der Waals surface area contributed by atoms with Crippen LogP contribution in [0.15, 0.2) is 36.8 Å². The largest absolute Gasteiger partial charge is 0.480 e. The number of aromatic nitrogens is 6. The first-order chi connectivity index (χ1) is 19.2. The van der Waals surface area contributed by atoms with Crippen LogP contribution in [0.25, 0.3) is 22.8 Å². The summed E-state index contributed by atoms with van der Waals surface area (Å²) in [6.07, 6.45) is 0.993. The molecule has 40 heavy (non-hydrogen) atoms. The van der Waals surface area contributed by atoms with Crippen molar-refractivity contribution < 1.29 is 17.9 Å². The van der Waals surface area contributed by atoms with Crippen molar-refractivity contribution in [1.82, 2.24) is 29.5 Å². The minimum Gasteiger partial charge on any atom is -0.480 e. The van der Waals surface area contributed by atoms with Crippen LogP contribution in [-0.4, -0.2) is 43.1 Å². The normalized spacial score (nSPS) is 14.8. The maximum atomic E-state index is 13.3. The predicted molar refractivity (Wildman–Crippen MR) is 144 cm³/mol. The van der Waals surface area contributed by atoms with Crippen molar-refractivity contribution in [3.05, 3.63) is 59.3 Å². The Kier molecular flexibility index (Phi) is 6.55. The van der Waals surface area contributed by atoms with Crippen molar-refractivity contribution in [2.75, 3.05) is 24.3 Å². The first-order valence-corrected chi connectivity index (χ1v) is 13.3. The van der Waals surface area contributed by atoms with Crippen molar-refractivity contribution in [2.45, 2.75) is 57.8 Å². The molecule has 0 spiro atoms. The highest BCUT2D eigenvalue weighted by atomic mass is 19.4. The Hall–Kier alpha value is -4.22. The van der Waals surface area contributed by atoms with Gasteiger partial charge in [0.15, 0.2) is 11.5 Å². The fraction of sp³-hybridized carbons (Fsp3) is 0.393. The van der Waals surface area contributed by atoms with Gasteiger partial charge in [-0.3, -0.25) is 0 Å². The maximum Gasteiger partial charge on any atom is 0.434 e. The Bertz CT molecular complexity index is 1540. The number of imidazole rings is 1. The highest BCUT2D eigenvalue weighted by Gasteiger charge is 2.35. The van der Waals surface area contributed by atoms with Gasteiger partial charge in [-0.05, 0) is 38.7 Å². The molecule has 1 saturated carbocycles. The second kappa shape index (κ2) is 10.1. The third-order valence-corrected chi connectivity index (χ3v) is 7.15. The average Bonchev–Trinajstić information content (AvgIpc) is 3.48. The number of ether oxygens (including phenoxy) is 1. The van der Waals surface area contributed by atoms with Crippen LogP contribution in [0.3, 0.4) is 0 Å². The fourth-order valence-electron chi connectivity index (χ4n) is 4.94. The molecule has 0 atom stereocenters. The van der Waals surface area contributed by atoms with Crippen molar-refractivity contribution in [1.29, 1.82) is 0 Å². The van der Waals surface area contributed by atoms with Gasteiger partial charge in [-0.15, -0.1) is 0 Å². The molecule has 9 nitrogen and oxygen atoms in total. The Balaban J connectivity index is 1.27. The lowest BCUT2D eigenvalue weighted by Gasteiger charge is -2.15. The van der Waals surface area contributed by atoms with Crippen LogP contribution in [0, 0.1) is 0 Å². The van der Waals surface area contributed by atoms with Gasteiger partial charge in [0.1, 0.15) is 29.4 Å². The fourth-order valence-corrected chi connectivity index (χ4v) is 4.94. The summed E-state index contributed by atoms with van der Waals surface area (Å²) in [5, 5.41) is 6.78. The van der Waals surface area contributed by atoms with Crippen molar-refractivity contribution in [3.63, 3.8) is 0 Å². The number of anilines is 2. The number of methoxy groups -OCH3 is 1. The SMILES string of the molecule is COc1ncnc(C2CC2)c1-c1nc2c(c(NCc3ccc(-c4nc(C(F)(F)F)cn4C(C)C)cc3)n1)CCN2. The zero-order chi connectivity index (χ0) is 28.0. The van der Waals surface area contributed by atoms with E-state index in [-0.39, 0.29) is 11.9 Å². The third kappa shape index (κ3) is 4.93. The molecule has 0 unspecified atom stereocenters. The lowest BCUT2D eigenvalue weighted by Crippen LogP contribution is -2.08. The number of hydrogen-bond acceptors (Lipinski definition) is 8. The van der Waals surface area contributed by atoms with Gasteiger partial charge in [-0.1, -0.05) is 24.3 Å². The maximum absolute atomic E-state index is 13.3. The monoisotopic (exact) mass is 550 g/mol. The lowest BCUT2D eigenvalue weighted by atomic mass is 10.1. The highest BCUT2D eigenvalue weighted by molar-refractivity contribution is 5.72. The van der Waals surface area contributed by atoms with E-state index in [9.17, 15) is 13.2 Å². The number of alkyl halides is 3. The van der Waals surface area contributed by atoms with Gasteiger partial charge < -0.3 is 19.9 Å². The number of halogens is 3. The Labute approximate surface area is 229 Å². The van der Waals surface area contributed by atoms with Crippen LogP contribution >= 0.6 is 0 Å². The minimum absolute atomic E-state index is 0.170. The Morgan fingerprint density at radius 2 is 1.88 bits per heavy atom. The summed E-state index contributed by atoms with van der Waals surface area (Å²) in [7, 11) is 1.58. The second-order valence-corrected chi connectivity index (χ2v) is 10.3. The molecule has 1 aliphatic heterocycles. The molecule has 3 aromatic heterocycles. The number of benzene rings is 1. The van der Waals surface area contributed by atoms with E-state index >= 15 is 0 Å².